The van der Waals surface area contributed by atoms with E-state index in [-0.39, 0.29) is 0 Å². The van der Waals surface area contributed by atoms with E-state index >= 15 is 0 Å². The molecule has 0 spiro atoms. The van der Waals surface area contributed by atoms with Gasteiger partial charge >= 0.3 is 0 Å². The van der Waals surface area contributed by atoms with Crippen molar-refractivity contribution < 1.29 is 4.74 Å². The van der Waals surface area contributed by atoms with Gasteiger partial charge in [-0.2, -0.15) is 0 Å². The number of hydrogen-bond donors (Lipinski definition) is 1. The summed E-state index contributed by atoms with van der Waals surface area (Å²) in [5.74, 6) is 0.822. The molecule has 0 aromatic heterocycles. The molecule has 0 aliphatic heterocycles. The smallest absolute Gasteiger partial charge is 0.144 e. The molecule has 0 fully saturated rings. The van der Waals surface area contributed by atoms with E-state index in [9.17, 15) is 0 Å². The molecule has 0 amide bonds. The van der Waals surface area contributed by atoms with Crippen molar-refractivity contribution in [2.75, 3.05) is 30.3 Å². The molecule has 0 saturated heterocycles. The number of ether oxygens (including phenoxy) is 1. The highest BCUT2D eigenvalue weighted by Gasteiger charge is 2.09. The third kappa shape index (κ3) is 5.32. The molecule has 0 unspecified atom stereocenters. The standard InChI is InChI=1S/C17H30N2O/c1-4-7-11-19(12-8-5-2)15-9-10-16(18)17(14-15)20-13-6-3/h9-10,14H,4-8,11-13,18H2,1-3H3. The largest absolute Gasteiger partial charge is 0.491 e. The SMILES string of the molecule is CCCCN(CCCC)c1ccc(N)c(OCCC)c1. The van der Waals surface area contributed by atoms with Gasteiger partial charge in [-0.3, -0.25) is 0 Å². The summed E-state index contributed by atoms with van der Waals surface area (Å²) < 4.78 is 5.73. The van der Waals surface area contributed by atoms with E-state index in [4.69, 9.17) is 10.5 Å². The van der Waals surface area contributed by atoms with E-state index in [1.54, 1.807) is 0 Å². The fourth-order valence-corrected chi connectivity index (χ4v) is 2.12. The number of hydrogen-bond acceptors (Lipinski definition) is 3. The minimum absolute atomic E-state index is 0.720. The lowest BCUT2D eigenvalue weighted by Gasteiger charge is -2.25. The predicted octanol–water partition coefficient (Wildman–Crippen LogP) is 4.46. The van der Waals surface area contributed by atoms with Crippen LogP contribution in [0.4, 0.5) is 11.4 Å². The molecule has 1 rings (SSSR count). The fraction of sp³-hybridized carbons (Fsp3) is 0.647. The average molecular weight is 278 g/mol. The molecule has 114 valence electrons. The summed E-state index contributed by atoms with van der Waals surface area (Å²) in [5.41, 5.74) is 7.95. The minimum Gasteiger partial charge on any atom is -0.491 e. The molecule has 3 heteroatoms. The number of nitrogens with zero attached hydrogens (tertiary/aromatic N) is 1. The number of unbranched alkanes of at least 4 members (excludes halogenated alkanes) is 2. The highest BCUT2D eigenvalue weighted by atomic mass is 16.5. The summed E-state index contributed by atoms with van der Waals surface area (Å²) in [6.07, 6.45) is 5.88. The number of nitrogens with two attached hydrogens (primary N) is 1. The van der Waals surface area contributed by atoms with Crippen molar-refractivity contribution in [3.8, 4) is 5.75 Å². The third-order valence-corrected chi connectivity index (χ3v) is 3.39. The summed E-state index contributed by atoms with van der Waals surface area (Å²) >= 11 is 0. The predicted molar refractivity (Wildman–Crippen MR) is 88.7 cm³/mol. The van der Waals surface area contributed by atoms with Crippen molar-refractivity contribution in [2.45, 2.75) is 52.9 Å². The Labute approximate surface area is 124 Å². The van der Waals surface area contributed by atoms with E-state index < -0.39 is 0 Å². The van der Waals surface area contributed by atoms with Crippen LogP contribution in [0.2, 0.25) is 0 Å². The lowest BCUT2D eigenvalue weighted by atomic mass is 10.2. The Morgan fingerprint density at radius 3 is 2.20 bits per heavy atom. The zero-order chi connectivity index (χ0) is 14.8. The fourth-order valence-electron chi connectivity index (χ4n) is 2.12. The molecule has 1 aromatic carbocycles. The van der Waals surface area contributed by atoms with Crippen LogP contribution in [0.3, 0.4) is 0 Å². The van der Waals surface area contributed by atoms with E-state index in [1.165, 1.54) is 31.4 Å². The van der Waals surface area contributed by atoms with Crippen LogP contribution < -0.4 is 15.4 Å². The first-order chi connectivity index (χ1) is 9.72. The second-order valence-electron chi connectivity index (χ2n) is 5.26. The van der Waals surface area contributed by atoms with E-state index in [1.807, 2.05) is 6.07 Å². The van der Waals surface area contributed by atoms with Gasteiger partial charge in [-0.25, -0.2) is 0 Å². The maximum absolute atomic E-state index is 5.99. The van der Waals surface area contributed by atoms with Crippen LogP contribution in [-0.4, -0.2) is 19.7 Å². The van der Waals surface area contributed by atoms with Gasteiger partial charge in [0.05, 0.1) is 12.3 Å². The monoisotopic (exact) mass is 278 g/mol. The maximum atomic E-state index is 5.99. The van der Waals surface area contributed by atoms with Crippen LogP contribution in [0.5, 0.6) is 5.75 Å². The summed E-state index contributed by atoms with van der Waals surface area (Å²) in [6.45, 7) is 9.50. The molecule has 0 radical (unpaired) electrons. The lowest BCUT2D eigenvalue weighted by Crippen LogP contribution is -2.25. The number of benzene rings is 1. The molecule has 0 aliphatic carbocycles. The van der Waals surface area contributed by atoms with Crippen LogP contribution in [0.1, 0.15) is 52.9 Å². The molecular formula is C17H30N2O. The van der Waals surface area contributed by atoms with Crippen LogP contribution in [0, 0.1) is 0 Å². The zero-order valence-corrected chi connectivity index (χ0v) is 13.3. The van der Waals surface area contributed by atoms with Crippen LogP contribution in [0.25, 0.3) is 0 Å². The van der Waals surface area contributed by atoms with Crippen molar-refractivity contribution in [1.29, 1.82) is 0 Å². The van der Waals surface area contributed by atoms with Gasteiger partial charge in [0.15, 0.2) is 0 Å². The summed E-state index contributed by atoms with van der Waals surface area (Å²) in [5, 5.41) is 0. The van der Waals surface area contributed by atoms with Crippen LogP contribution in [0.15, 0.2) is 18.2 Å². The Bertz CT molecular complexity index is 371. The van der Waals surface area contributed by atoms with Gasteiger partial charge in [-0.05, 0) is 31.4 Å². The van der Waals surface area contributed by atoms with Gasteiger partial charge in [-0.1, -0.05) is 33.6 Å². The van der Waals surface area contributed by atoms with Gasteiger partial charge < -0.3 is 15.4 Å². The van der Waals surface area contributed by atoms with Gasteiger partial charge in [0.2, 0.25) is 0 Å². The average Bonchev–Trinajstić information content (AvgIpc) is 2.47. The molecule has 3 nitrogen and oxygen atoms in total. The second-order valence-corrected chi connectivity index (χ2v) is 5.26. The Kier molecular flexibility index (Phi) is 7.93. The highest BCUT2D eigenvalue weighted by molar-refractivity contribution is 5.62. The third-order valence-electron chi connectivity index (χ3n) is 3.39. The maximum Gasteiger partial charge on any atom is 0.144 e. The highest BCUT2D eigenvalue weighted by Crippen LogP contribution is 2.28. The van der Waals surface area contributed by atoms with Crippen LogP contribution >= 0.6 is 0 Å². The minimum atomic E-state index is 0.720. The molecule has 20 heavy (non-hydrogen) atoms. The summed E-state index contributed by atoms with van der Waals surface area (Å²) in [4.78, 5) is 2.45. The van der Waals surface area contributed by atoms with E-state index in [0.717, 1.165) is 37.6 Å². The Balaban J connectivity index is 2.82. The first-order valence-electron chi connectivity index (χ1n) is 8.00. The van der Waals surface area contributed by atoms with Crippen molar-refractivity contribution in [2.24, 2.45) is 0 Å². The quantitative estimate of drug-likeness (QED) is 0.642. The summed E-state index contributed by atoms with van der Waals surface area (Å²) in [7, 11) is 0. The zero-order valence-electron chi connectivity index (χ0n) is 13.3. The topological polar surface area (TPSA) is 38.5 Å². The van der Waals surface area contributed by atoms with Crippen molar-refractivity contribution >= 4 is 11.4 Å². The number of rotatable bonds is 10. The van der Waals surface area contributed by atoms with E-state index in [0.29, 0.717) is 0 Å². The van der Waals surface area contributed by atoms with Crippen molar-refractivity contribution in [1.82, 2.24) is 0 Å². The molecule has 2 N–H and O–H groups in total. The molecule has 0 heterocycles. The van der Waals surface area contributed by atoms with Gasteiger partial charge in [0.25, 0.3) is 0 Å². The molecule has 0 atom stereocenters. The van der Waals surface area contributed by atoms with Gasteiger partial charge in [-0.15, -0.1) is 0 Å². The Morgan fingerprint density at radius 2 is 1.65 bits per heavy atom. The van der Waals surface area contributed by atoms with Gasteiger partial charge in [0.1, 0.15) is 5.75 Å². The first kappa shape index (κ1) is 16.7. The Hall–Kier alpha value is -1.38. The number of nitrogen functional groups attached to an aromatic ring is 1. The second kappa shape index (κ2) is 9.51. The molecule has 0 bridgehead atoms. The molecule has 0 saturated carbocycles. The molecule has 0 aliphatic rings. The molecule has 1 aromatic rings. The lowest BCUT2D eigenvalue weighted by molar-refractivity contribution is 0.319. The molecular weight excluding hydrogens is 248 g/mol. The van der Waals surface area contributed by atoms with Gasteiger partial charge in [0, 0.05) is 24.8 Å². The normalized spacial score (nSPS) is 10.6. The number of anilines is 2. The Morgan fingerprint density at radius 1 is 1.00 bits per heavy atom. The first-order valence-corrected chi connectivity index (χ1v) is 8.00. The van der Waals surface area contributed by atoms with Crippen molar-refractivity contribution in [3.63, 3.8) is 0 Å². The van der Waals surface area contributed by atoms with E-state index in [2.05, 4.69) is 37.8 Å². The van der Waals surface area contributed by atoms with Crippen molar-refractivity contribution in [3.05, 3.63) is 18.2 Å². The summed E-state index contributed by atoms with van der Waals surface area (Å²) in [6, 6.07) is 6.17. The van der Waals surface area contributed by atoms with Crippen LogP contribution in [-0.2, 0) is 0 Å².